The first kappa shape index (κ1) is 28.5. The molecule has 1 saturated carbocycles. The van der Waals surface area contributed by atoms with E-state index in [1.54, 1.807) is 13.4 Å². The molecule has 1 saturated heterocycles. The lowest BCUT2D eigenvalue weighted by molar-refractivity contribution is 0.0601. The van der Waals surface area contributed by atoms with Crippen LogP contribution in [-0.4, -0.2) is 77.0 Å². The van der Waals surface area contributed by atoms with E-state index in [0.717, 1.165) is 54.0 Å². The Morgan fingerprint density at radius 1 is 1.15 bits per heavy atom. The minimum Gasteiger partial charge on any atom is -0.496 e. The van der Waals surface area contributed by atoms with Crippen LogP contribution in [-0.2, 0) is 0 Å². The Morgan fingerprint density at radius 3 is 2.73 bits per heavy atom. The fraction of sp³-hybridized carbons (Fsp3) is 0.452. The fourth-order valence-electron chi connectivity index (χ4n) is 6.05. The number of benzene rings is 2. The van der Waals surface area contributed by atoms with E-state index >= 15 is 0 Å². The van der Waals surface area contributed by atoms with Gasteiger partial charge in [-0.3, -0.25) is 4.79 Å². The van der Waals surface area contributed by atoms with Crippen LogP contribution in [0, 0.1) is 6.92 Å². The van der Waals surface area contributed by atoms with Gasteiger partial charge in [0.1, 0.15) is 11.5 Å². The van der Waals surface area contributed by atoms with Crippen LogP contribution < -0.4 is 20.1 Å². The molecule has 0 spiro atoms. The zero-order valence-corrected chi connectivity index (χ0v) is 23.7. The number of hydrogen-bond donors (Lipinski definition) is 3. The third kappa shape index (κ3) is 6.48. The Bertz CT molecular complexity index is 1340. The number of aryl methyl sites for hydroxylation is 1. The number of carbonyl (C=O) groups is 2. The Morgan fingerprint density at radius 2 is 1.95 bits per heavy atom. The summed E-state index contributed by atoms with van der Waals surface area (Å²) in [6, 6.07) is 15.1. The molecule has 2 heterocycles. The van der Waals surface area contributed by atoms with E-state index in [1.807, 2.05) is 64.9 Å². The lowest BCUT2D eigenvalue weighted by atomic mass is 9.89. The molecule has 1 aliphatic heterocycles. The molecular weight excluding hydrogens is 522 g/mol. The first-order chi connectivity index (χ1) is 20.0. The maximum atomic E-state index is 14.2. The molecule has 10 nitrogen and oxygen atoms in total. The Labute approximate surface area is 240 Å². The van der Waals surface area contributed by atoms with Gasteiger partial charge >= 0.3 is 6.09 Å². The molecule has 3 N–H and O–H groups in total. The summed E-state index contributed by atoms with van der Waals surface area (Å²) >= 11 is 0. The second-order valence-corrected chi connectivity index (χ2v) is 10.7. The number of methoxy groups -OCH3 is 1. The van der Waals surface area contributed by atoms with Gasteiger partial charge in [0.05, 0.1) is 37.8 Å². The van der Waals surface area contributed by atoms with Crippen LogP contribution >= 0.6 is 0 Å². The second kappa shape index (κ2) is 13.1. The molecule has 218 valence electrons. The van der Waals surface area contributed by atoms with Crippen molar-refractivity contribution in [2.75, 3.05) is 33.4 Å². The van der Waals surface area contributed by atoms with Gasteiger partial charge < -0.3 is 34.7 Å². The number of imidazole rings is 1. The number of piperazine rings is 1. The number of ether oxygens (including phenoxy) is 2. The first-order valence-electron chi connectivity index (χ1n) is 14.4. The first-order valence-corrected chi connectivity index (χ1v) is 14.4. The molecule has 3 aromatic rings. The Kier molecular flexibility index (Phi) is 9.08. The van der Waals surface area contributed by atoms with Gasteiger partial charge in [0.25, 0.3) is 5.91 Å². The van der Waals surface area contributed by atoms with Crippen molar-refractivity contribution >= 4 is 12.0 Å². The van der Waals surface area contributed by atoms with Gasteiger partial charge in [-0.05, 0) is 31.4 Å². The van der Waals surface area contributed by atoms with Gasteiger partial charge in [0.2, 0.25) is 0 Å². The summed E-state index contributed by atoms with van der Waals surface area (Å²) in [5.41, 5.74) is 3.06. The lowest BCUT2D eigenvalue weighted by Gasteiger charge is -2.36. The molecule has 2 fully saturated rings. The van der Waals surface area contributed by atoms with E-state index in [1.165, 1.54) is 0 Å². The topological polar surface area (TPSA) is 118 Å². The van der Waals surface area contributed by atoms with E-state index in [9.17, 15) is 14.7 Å². The molecule has 1 aromatic heterocycles. The highest BCUT2D eigenvalue weighted by molar-refractivity contribution is 5.98. The number of nitrogens with zero attached hydrogens (tertiary/aromatic N) is 3. The van der Waals surface area contributed by atoms with Crippen LogP contribution in [0.15, 0.2) is 54.9 Å². The number of nitrogens with one attached hydrogen (secondary N) is 2. The van der Waals surface area contributed by atoms with E-state index < -0.39 is 6.09 Å². The molecule has 2 aliphatic rings. The molecule has 5 rings (SSSR count). The number of carbonyl (C=O) groups excluding carboxylic acids is 1. The van der Waals surface area contributed by atoms with Gasteiger partial charge in [-0.25, -0.2) is 9.78 Å². The lowest BCUT2D eigenvalue weighted by Crippen LogP contribution is -2.54. The van der Waals surface area contributed by atoms with E-state index in [-0.39, 0.29) is 24.0 Å². The second-order valence-electron chi connectivity index (χ2n) is 10.7. The minimum atomic E-state index is -1.03. The molecule has 2 aromatic carbocycles. The molecule has 41 heavy (non-hydrogen) atoms. The quantitative estimate of drug-likeness (QED) is 0.352. The summed E-state index contributed by atoms with van der Waals surface area (Å²) in [6.45, 7) is 4.37. The summed E-state index contributed by atoms with van der Waals surface area (Å²) in [7, 11) is 1.64. The number of amides is 2. The van der Waals surface area contributed by atoms with Crippen LogP contribution in [0.2, 0.25) is 0 Å². The highest BCUT2D eigenvalue weighted by atomic mass is 16.5. The highest BCUT2D eigenvalue weighted by Gasteiger charge is 2.35. The van der Waals surface area contributed by atoms with Gasteiger partial charge in [-0.15, -0.1) is 0 Å². The average molecular weight is 562 g/mol. The van der Waals surface area contributed by atoms with Gasteiger partial charge in [-0.1, -0.05) is 49.2 Å². The van der Waals surface area contributed by atoms with Crippen molar-refractivity contribution in [1.82, 2.24) is 25.1 Å². The van der Waals surface area contributed by atoms with Crippen LogP contribution in [0.1, 0.15) is 54.2 Å². The van der Waals surface area contributed by atoms with E-state index in [4.69, 9.17) is 9.47 Å². The summed E-state index contributed by atoms with van der Waals surface area (Å²) in [6.07, 6.45) is 4.85. The average Bonchev–Trinajstić information content (AvgIpc) is 3.43. The normalized spacial score (nSPS) is 20.8. The van der Waals surface area contributed by atoms with Crippen LogP contribution in [0.3, 0.4) is 0 Å². The number of rotatable bonds is 9. The molecule has 2 amide bonds. The molecule has 3 atom stereocenters. The summed E-state index contributed by atoms with van der Waals surface area (Å²) < 4.78 is 13.5. The van der Waals surface area contributed by atoms with Crippen molar-refractivity contribution in [1.29, 1.82) is 0 Å². The standard InChI is InChI=1S/C31H39N5O5/c1-21-12-13-24(18-27(21)40-2)41-17-14-23-19-32-15-16-35(23)30(37)28-29(22-8-4-3-5-9-22)36(20-33-28)26-11-7-6-10-25(26)34-31(38)39/h3-5,8-9,12-13,18,20,23,25-26,32,34H,6-7,10-11,14-17,19H2,1-2H3,(H,38,39)/t23-,25+,26+/m1/s1. The maximum Gasteiger partial charge on any atom is 0.404 e. The molecule has 0 radical (unpaired) electrons. The van der Waals surface area contributed by atoms with Crippen LogP contribution in [0.25, 0.3) is 11.3 Å². The van der Waals surface area contributed by atoms with Gasteiger partial charge in [-0.2, -0.15) is 0 Å². The monoisotopic (exact) mass is 561 g/mol. The van der Waals surface area contributed by atoms with Crippen molar-refractivity contribution in [3.8, 4) is 22.8 Å². The molecule has 0 bridgehead atoms. The highest BCUT2D eigenvalue weighted by Crippen LogP contribution is 2.35. The van der Waals surface area contributed by atoms with Crippen LogP contribution in [0.5, 0.6) is 11.5 Å². The number of carboxylic acid groups (broad SMARTS) is 1. The summed E-state index contributed by atoms with van der Waals surface area (Å²) in [5, 5.41) is 15.6. The smallest absolute Gasteiger partial charge is 0.404 e. The predicted octanol–water partition coefficient (Wildman–Crippen LogP) is 4.50. The third-order valence-corrected chi connectivity index (χ3v) is 8.15. The van der Waals surface area contributed by atoms with Crippen molar-refractivity contribution in [2.24, 2.45) is 0 Å². The van der Waals surface area contributed by atoms with Crippen molar-refractivity contribution in [3.63, 3.8) is 0 Å². The Balaban J connectivity index is 1.39. The minimum absolute atomic E-state index is 0.0616. The Hall–Kier alpha value is -4.05. The fourth-order valence-corrected chi connectivity index (χ4v) is 6.05. The van der Waals surface area contributed by atoms with Crippen LogP contribution in [0.4, 0.5) is 4.79 Å². The molecule has 1 aliphatic carbocycles. The summed E-state index contributed by atoms with van der Waals surface area (Å²) in [5.74, 6) is 1.39. The molecule has 0 unspecified atom stereocenters. The van der Waals surface area contributed by atoms with E-state index in [2.05, 4.69) is 15.6 Å². The number of hydrogen-bond acceptors (Lipinski definition) is 6. The van der Waals surface area contributed by atoms with Gasteiger partial charge in [0.15, 0.2) is 5.69 Å². The number of aromatic nitrogens is 2. The predicted molar refractivity (Wildman–Crippen MR) is 156 cm³/mol. The molecular formula is C31H39N5O5. The summed E-state index contributed by atoms with van der Waals surface area (Å²) in [4.78, 5) is 32.3. The van der Waals surface area contributed by atoms with Crippen molar-refractivity contribution in [3.05, 3.63) is 66.1 Å². The third-order valence-electron chi connectivity index (χ3n) is 8.15. The maximum absolute atomic E-state index is 14.2. The van der Waals surface area contributed by atoms with E-state index in [0.29, 0.717) is 38.4 Å². The zero-order valence-electron chi connectivity index (χ0n) is 23.7. The zero-order chi connectivity index (χ0) is 28.8. The molecule has 10 heteroatoms. The SMILES string of the molecule is COc1cc(OCC[C@@H]2CNCCN2C(=O)c2ncn([C@H]3CCCC[C@@H]3NC(=O)O)c2-c2ccccc2)ccc1C. The van der Waals surface area contributed by atoms with Gasteiger partial charge in [0, 0.05) is 43.7 Å². The largest absolute Gasteiger partial charge is 0.496 e. The van der Waals surface area contributed by atoms with Crippen molar-refractivity contribution < 1.29 is 24.2 Å². The van der Waals surface area contributed by atoms with Crippen molar-refractivity contribution in [2.45, 2.75) is 57.2 Å².